The van der Waals surface area contributed by atoms with E-state index >= 15 is 0 Å². The molecule has 0 bridgehead atoms. The van der Waals surface area contributed by atoms with Gasteiger partial charge in [-0.15, -0.1) is 15.3 Å². The zero-order valence-electron chi connectivity index (χ0n) is 13.1. The third-order valence-corrected chi connectivity index (χ3v) is 5.03. The van der Waals surface area contributed by atoms with Gasteiger partial charge >= 0.3 is 0 Å². The molecule has 0 radical (unpaired) electrons. The minimum atomic E-state index is -2.68. The molecule has 2 aliphatic heterocycles. The average molecular weight is 322 g/mol. The zero-order valence-corrected chi connectivity index (χ0v) is 13.1. The molecule has 0 aromatic carbocycles. The van der Waals surface area contributed by atoms with Crippen LogP contribution in [0.25, 0.3) is 5.65 Å². The van der Waals surface area contributed by atoms with E-state index in [9.17, 15) is 8.78 Å². The van der Waals surface area contributed by atoms with Gasteiger partial charge in [-0.1, -0.05) is 6.92 Å². The van der Waals surface area contributed by atoms with E-state index in [0.717, 1.165) is 25.3 Å². The minimum absolute atomic E-state index is 0.358. The maximum Gasteiger partial charge on any atom is 0.299 e. The molecule has 6 nitrogen and oxygen atoms in total. The number of nitrogens with zero attached hydrogens (tertiary/aromatic N) is 6. The van der Waals surface area contributed by atoms with Gasteiger partial charge in [-0.2, -0.15) is 4.52 Å². The molecule has 2 atom stereocenters. The second-order valence-electron chi connectivity index (χ2n) is 6.33. The lowest BCUT2D eigenvalue weighted by molar-refractivity contribution is 0.137. The van der Waals surface area contributed by atoms with Crippen LogP contribution in [0.1, 0.15) is 38.4 Å². The number of piperazine rings is 1. The fraction of sp³-hybridized carbons (Fsp3) is 0.667. The van der Waals surface area contributed by atoms with Gasteiger partial charge in [0.25, 0.3) is 6.43 Å². The van der Waals surface area contributed by atoms with E-state index in [2.05, 4.69) is 32.0 Å². The Kier molecular flexibility index (Phi) is 3.63. The van der Waals surface area contributed by atoms with Crippen LogP contribution in [0.4, 0.5) is 14.6 Å². The maximum absolute atomic E-state index is 13.0. The SMILES string of the molecule is CCC1CN2CCCC2CN1c1ccc2nnc(C(F)F)n2n1. The van der Waals surface area contributed by atoms with Gasteiger partial charge < -0.3 is 4.90 Å². The van der Waals surface area contributed by atoms with Crippen molar-refractivity contribution in [3.05, 3.63) is 18.0 Å². The summed E-state index contributed by atoms with van der Waals surface area (Å²) in [7, 11) is 0. The average Bonchev–Trinajstić information content (AvgIpc) is 3.18. The summed E-state index contributed by atoms with van der Waals surface area (Å²) in [6.45, 7) is 5.26. The summed E-state index contributed by atoms with van der Waals surface area (Å²) in [6.07, 6.45) is 0.764. The lowest BCUT2D eigenvalue weighted by atomic mass is 10.1. The third-order valence-electron chi connectivity index (χ3n) is 5.03. The Balaban J connectivity index is 1.70. The van der Waals surface area contributed by atoms with Gasteiger partial charge in [-0.05, 0) is 37.9 Å². The Morgan fingerprint density at radius 2 is 2.13 bits per heavy atom. The van der Waals surface area contributed by atoms with Crippen molar-refractivity contribution in [3.8, 4) is 0 Å². The molecule has 2 aromatic rings. The predicted molar refractivity (Wildman–Crippen MR) is 81.8 cm³/mol. The van der Waals surface area contributed by atoms with Gasteiger partial charge in [-0.25, -0.2) is 8.78 Å². The molecule has 23 heavy (non-hydrogen) atoms. The summed E-state index contributed by atoms with van der Waals surface area (Å²) >= 11 is 0. The molecule has 0 aliphatic carbocycles. The Labute approximate surface area is 133 Å². The Bertz CT molecular complexity index is 702. The summed E-state index contributed by atoms with van der Waals surface area (Å²) in [5.74, 6) is 0.340. The summed E-state index contributed by atoms with van der Waals surface area (Å²) in [4.78, 5) is 4.81. The van der Waals surface area contributed by atoms with Crippen LogP contribution in [0.3, 0.4) is 0 Å². The first-order valence-corrected chi connectivity index (χ1v) is 8.18. The maximum atomic E-state index is 13.0. The molecule has 2 fully saturated rings. The van der Waals surface area contributed by atoms with E-state index in [1.165, 1.54) is 23.9 Å². The van der Waals surface area contributed by atoms with Crippen molar-refractivity contribution in [1.82, 2.24) is 24.7 Å². The standard InChI is InChI=1S/C15H20F2N6/c1-2-10-8-21-7-3-4-11(21)9-22(10)13-6-5-12-18-19-15(14(16)17)23(12)20-13/h5-6,10-11,14H,2-4,7-9H2,1H3. The van der Waals surface area contributed by atoms with Crippen molar-refractivity contribution < 1.29 is 8.78 Å². The highest BCUT2D eigenvalue weighted by molar-refractivity contribution is 5.47. The number of anilines is 1. The number of fused-ring (bicyclic) bond motifs is 2. The van der Waals surface area contributed by atoms with Gasteiger partial charge in [-0.3, -0.25) is 4.90 Å². The quantitative estimate of drug-likeness (QED) is 0.866. The first-order chi connectivity index (χ1) is 11.2. The van der Waals surface area contributed by atoms with Crippen LogP contribution in [0.15, 0.2) is 12.1 Å². The minimum Gasteiger partial charge on any atom is -0.349 e. The monoisotopic (exact) mass is 322 g/mol. The molecule has 124 valence electrons. The normalized spacial score (nSPS) is 25.5. The Morgan fingerprint density at radius 3 is 2.91 bits per heavy atom. The highest BCUT2D eigenvalue weighted by Crippen LogP contribution is 2.29. The van der Waals surface area contributed by atoms with Crippen molar-refractivity contribution in [2.75, 3.05) is 24.5 Å². The van der Waals surface area contributed by atoms with E-state index in [0.29, 0.717) is 17.7 Å². The number of aromatic nitrogens is 4. The van der Waals surface area contributed by atoms with E-state index in [-0.39, 0.29) is 0 Å². The van der Waals surface area contributed by atoms with Gasteiger partial charge in [0.2, 0.25) is 5.82 Å². The Hall–Kier alpha value is -1.83. The molecule has 2 aliphatic rings. The number of halogens is 2. The Morgan fingerprint density at radius 1 is 1.26 bits per heavy atom. The second kappa shape index (κ2) is 5.67. The van der Waals surface area contributed by atoms with Crippen LogP contribution in [-0.2, 0) is 0 Å². The topological polar surface area (TPSA) is 49.6 Å². The molecule has 2 aromatic heterocycles. The van der Waals surface area contributed by atoms with Crippen LogP contribution in [0.2, 0.25) is 0 Å². The van der Waals surface area contributed by atoms with Crippen LogP contribution in [0.5, 0.6) is 0 Å². The summed E-state index contributed by atoms with van der Waals surface area (Å²) in [6, 6.07) is 4.49. The van der Waals surface area contributed by atoms with Crippen LogP contribution >= 0.6 is 0 Å². The van der Waals surface area contributed by atoms with Crippen molar-refractivity contribution in [3.63, 3.8) is 0 Å². The van der Waals surface area contributed by atoms with Crippen LogP contribution in [-0.4, -0.2) is 56.4 Å². The van der Waals surface area contributed by atoms with Crippen molar-refractivity contribution in [2.45, 2.75) is 44.7 Å². The van der Waals surface area contributed by atoms with Crippen molar-refractivity contribution in [1.29, 1.82) is 0 Å². The van der Waals surface area contributed by atoms with Gasteiger partial charge in [0, 0.05) is 25.2 Å². The van der Waals surface area contributed by atoms with E-state index in [1.54, 1.807) is 6.07 Å². The molecule has 2 saturated heterocycles. The number of rotatable bonds is 3. The number of hydrogen-bond acceptors (Lipinski definition) is 5. The summed E-state index contributed by atoms with van der Waals surface area (Å²) in [5.41, 5.74) is 0.358. The fourth-order valence-electron chi connectivity index (χ4n) is 3.80. The zero-order chi connectivity index (χ0) is 16.0. The first kappa shape index (κ1) is 14.7. The van der Waals surface area contributed by atoms with Crippen LogP contribution < -0.4 is 4.90 Å². The summed E-state index contributed by atoms with van der Waals surface area (Å²) in [5, 5.41) is 11.7. The molecular weight excluding hydrogens is 302 g/mol. The molecule has 8 heteroatoms. The van der Waals surface area contributed by atoms with Crippen molar-refractivity contribution >= 4 is 11.5 Å². The molecular formula is C15H20F2N6. The molecule has 4 rings (SSSR count). The van der Waals surface area contributed by atoms with Crippen LogP contribution in [0, 0.1) is 0 Å². The number of hydrogen-bond donors (Lipinski definition) is 0. The largest absolute Gasteiger partial charge is 0.349 e. The highest BCUT2D eigenvalue weighted by atomic mass is 19.3. The smallest absolute Gasteiger partial charge is 0.299 e. The van der Waals surface area contributed by atoms with Gasteiger partial charge in [0.1, 0.15) is 5.82 Å². The molecule has 0 N–H and O–H groups in total. The van der Waals surface area contributed by atoms with E-state index in [4.69, 9.17) is 0 Å². The third kappa shape index (κ3) is 2.45. The van der Waals surface area contributed by atoms with E-state index < -0.39 is 12.2 Å². The van der Waals surface area contributed by atoms with Gasteiger partial charge in [0.05, 0.1) is 0 Å². The molecule has 2 unspecified atom stereocenters. The summed E-state index contributed by atoms with van der Waals surface area (Å²) < 4.78 is 27.3. The fourth-order valence-corrected chi connectivity index (χ4v) is 3.80. The molecule has 0 spiro atoms. The molecule has 0 amide bonds. The number of alkyl halides is 2. The van der Waals surface area contributed by atoms with E-state index in [1.807, 2.05) is 6.07 Å². The first-order valence-electron chi connectivity index (χ1n) is 8.18. The second-order valence-corrected chi connectivity index (χ2v) is 6.33. The predicted octanol–water partition coefficient (Wildman–Crippen LogP) is 2.12. The van der Waals surface area contributed by atoms with Gasteiger partial charge in [0.15, 0.2) is 5.65 Å². The highest BCUT2D eigenvalue weighted by Gasteiger charge is 2.36. The molecule has 0 saturated carbocycles. The van der Waals surface area contributed by atoms with Crippen molar-refractivity contribution in [2.24, 2.45) is 0 Å². The lowest BCUT2D eigenvalue weighted by Gasteiger charge is -2.44. The lowest BCUT2D eigenvalue weighted by Crippen LogP contribution is -2.56. The molecule has 4 heterocycles.